The van der Waals surface area contributed by atoms with Crippen LogP contribution in [0.3, 0.4) is 0 Å². The maximum atomic E-state index is 7.13. The number of rotatable bonds is 0. The van der Waals surface area contributed by atoms with Crippen molar-refractivity contribution in [2.24, 2.45) is 0 Å². The van der Waals surface area contributed by atoms with Crippen LogP contribution in [0.2, 0.25) is 0 Å². The fourth-order valence-corrected chi connectivity index (χ4v) is 1.77. The zero-order chi connectivity index (χ0) is 14.5. The maximum absolute atomic E-state index is 7.13. The van der Waals surface area contributed by atoms with Crippen molar-refractivity contribution in [1.29, 1.82) is 10.5 Å². The summed E-state index contributed by atoms with van der Waals surface area (Å²) in [7, 11) is 0. The van der Waals surface area contributed by atoms with Gasteiger partial charge in [0.1, 0.15) is 0 Å². The van der Waals surface area contributed by atoms with E-state index in [1.54, 1.807) is 0 Å². The van der Waals surface area contributed by atoms with E-state index < -0.39 is 0 Å². The molecule has 0 bridgehead atoms. The van der Waals surface area contributed by atoms with Gasteiger partial charge in [0.15, 0.2) is 0 Å². The predicted octanol–water partition coefficient (Wildman–Crippen LogP) is 4.35. The molecule has 5 heteroatoms. The average Bonchev–Trinajstić information content (AvgIpc) is 3.12. The minimum Gasteiger partial charge on any atom is -0.358 e. The van der Waals surface area contributed by atoms with Gasteiger partial charge in [-0.15, -0.1) is 0 Å². The number of nitriles is 2. The molecule has 0 aromatic heterocycles. The van der Waals surface area contributed by atoms with E-state index in [9.17, 15) is 0 Å². The van der Waals surface area contributed by atoms with E-state index in [1.807, 2.05) is 0 Å². The molecule has 2 aliphatic carbocycles. The van der Waals surface area contributed by atoms with Crippen LogP contribution in [0.5, 0.6) is 0 Å². The molecule has 0 unspecified atom stereocenters. The van der Waals surface area contributed by atoms with Gasteiger partial charge in [-0.25, -0.2) is 10.5 Å². The molecule has 0 saturated heterocycles. The Morgan fingerprint density at radius 1 is 0.632 bits per heavy atom. The smallest absolute Gasteiger partial charge is 0.358 e. The van der Waals surface area contributed by atoms with Crippen LogP contribution >= 0.6 is 0 Å². The van der Waals surface area contributed by atoms with Crippen molar-refractivity contribution < 1.29 is 17.0 Å². The second-order valence-corrected chi connectivity index (χ2v) is 4.08. The van der Waals surface area contributed by atoms with Crippen molar-refractivity contribution in [1.82, 2.24) is 0 Å². The molecule has 0 aromatic carbocycles. The molecule has 0 spiro atoms. The Morgan fingerprint density at radius 3 is 0.737 bits per heavy atom. The molecule has 2 fully saturated rings. The Hall–Kier alpha value is -0.126. The second-order valence-electron chi connectivity index (χ2n) is 3.72. The van der Waals surface area contributed by atoms with E-state index >= 15 is 0 Å². The van der Waals surface area contributed by atoms with Gasteiger partial charge in [0, 0.05) is 0 Å². The normalized spacial score (nSPS) is 13.5. The van der Waals surface area contributed by atoms with Crippen molar-refractivity contribution in [3.63, 3.8) is 0 Å². The van der Waals surface area contributed by atoms with Crippen molar-refractivity contribution in [3.05, 3.63) is 7.43 Å². The third kappa shape index (κ3) is 46.2. The van der Waals surface area contributed by atoms with Crippen LogP contribution in [0.15, 0.2) is 0 Å². The van der Waals surface area contributed by atoms with Crippen molar-refractivity contribution >= 4 is 30.5 Å². The van der Waals surface area contributed by atoms with Gasteiger partial charge in [0.05, 0.1) is 0 Å². The third-order valence-corrected chi connectivity index (χ3v) is 2.50. The van der Waals surface area contributed by atoms with E-state index in [0.717, 1.165) is 0 Å². The molecule has 0 atom stereocenters. The predicted molar refractivity (Wildman–Crippen MR) is 85.7 cm³/mol. The third-order valence-electron chi connectivity index (χ3n) is 2.50. The Bertz CT molecular complexity index is 167. The zero-order valence-corrected chi connectivity index (χ0v) is 15.0. The SMILES string of the molecule is C1CCCC1.C1CCCC1.N#C[S-].N#C[S-].[CH2]=[V].[CH3-]. The summed E-state index contributed by atoms with van der Waals surface area (Å²) >= 11 is 9.46. The maximum Gasteiger partial charge on any atom is -0.358 e. The Morgan fingerprint density at radius 2 is 0.684 bits per heavy atom. The molecule has 0 heterocycles. The molecule has 0 radical (unpaired) electrons. The fourth-order valence-electron chi connectivity index (χ4n) is 1.77. The molecule has 0 aliphatic heterocycles. The first-order valence-electron chi connectivity index (χ1n) is 6.17. The first-order chi connectivity index (χ1) is 8.83. The van der Waals surface area contributed by atoms with Crippen LogP contribution in [-0.2, 0) is 42.2 Å². The second kappa shape index (κ2) is 36.1. The van der Waals surface area contributed by atoms with Crippen LogP contribution in [-0.4, -0.2) is 5.23 Å². The summed E-state index contributed by atoms with van der Waals surface area (Å²) in [5, 5.41) is 20.1. The van der Waals surface area contributed by atoms with E-state index in [-0.39, 0.29) is 7.43 Å². The molecule has 2 rings (SSSR count). The zero-order valence-electron chi connectivity index (χ0n) is 11.9. The van der Waals surface area contributed by atoms with Gasteiger partial charge in [0.25, 0.3) is 0 Å². The fraction of sp³-hybridized carbons (Fsp3) is 0.714. The molecule has 2 nitrogen and oxygen atoms in total. The number of hydrogen-bond donors (Lipinski definition) is 0. The van der Waals surface area contributed by atoms with Gasteiger partial charge >= 0.3 is 22.2 Å². The monoisotopic (exact) mass is 336 g/mol. The van der Waals surface area contributed by atoms with Crippen molar-refractivity contribution in [2.75, 3.05) is 0 Å². The minimum absolute atomic E-state index is 0. The molecule has 111 valence electrons. The minimum atomic E-state index is 0. The average molecular weight is 336 g/mol. The molecule has 0 amide bonds. The first-order valence-corrected chi connectivity index (χ1v) is 7.98. The molecule has 2 saturated carbocycles. The summed E-state index contributed by atoms with van der Waals surface area (Å²) in [5.41, 5.74) is 0. The summed E-state index contributed by atoms with van der Waals surface area (Å²) in [4.78, 5) is 0. The topological polar surface area (TPSA) is 47.6 Å². The van der Waals surface area contributed by atoms with Crippen molar-refractivity contribution in [3.8, 4) is 10.8 Å². The summed E-state index contributed by atoms with van der Waals surface area (Å²) in [6, 6.07) is 0. The summed E-state index contributed by atoms with van der Waals surface area (Å²) < 4.78 is 0. The van der Waals surface area contributed by atoms with Crippen molar-refractivity contribution in [2.45, 2.75) is 64.2 Å². The van der Waals surface area contributed by atoms with Gasteiger partial charge < -0.3 is 32.7 Å². The van der Waals surface area contributed by atoms with Gasteiger partial charge in [-0.3, -0.25) is 0 Å². The van der Waals surface area contributed by atoms with E-state index in [1.165, 1.54) is 75.0 Å². The first kappa shape index (κ1) is 27.3. The van der Waals surface area contributed by atoms with Gasteiger partial charge in [-0.1, -0.05) is 75.0 Å². The van der Waals surface area contributed by atoms with Crippen LogP contribution in [0.1, 0.15) is 64.2 Å². The largest absolute Gasteiger partial charge is 0.358 e. The molecular formula is C14H25N2S2V-3. The standard InChI is InChI=1S/2C5H10.2CHNS.CH3.CH2.V/c2*1-2-4-5-3-1;2*2-1-3;;;/h2*1-5H2;2*3H;1H3;1H2;/q;;;;-1;;/p-2. The summed E-state index contributed by atoms with van der Waals surface area (Å²) in [6.07, 6.45) is 15.0. The van der Waals surface area contributed by atoms with Gasteiger partial charge in [-0.2, -0.15) is 0 Å². The Labute approximate surface area is 140 Å². The number of nitrogens with zero attached hydrogens (tertiary/aromatic N) is 2. The van der Waals surface area contributed by atoms with Crippen LogP contribution in [0, 0.1) is 28.8 Å². The molecule has 19 heavy (non-hydrogen) atoms. The molecule has 2 aliphatic rings. The van der Waals surface area contributed by atoms with Gasteiger partial charge in [0.2, 0.25) is 0 Å². The van der Waals surface area contributed by atoms with E-state index in [4.69, 9.17) is 10.5 Å². The van der Waals surface area contributed by atoms with Crippen LogP contribution in [0.25, 0.3) is 0 Å². The quantitative estimate of drug-likeness (QED) is 0.375. The molecule has 0 N–H and O–H groups in total. The Balaban J connectivity index is -0.0000000767. The van der Waals surface area contributed by atoms with Gasteiger partial charge in [-0.05, 0) is 0 Å². The number of hydrogen-bond acceptors (Lipinski definition) is 4. The molecular weight excluding hydrogens is 311 g/mol. The summed E-state index contributed by atoms with van der Waals surface area (Å²) in [5.74, 6) is 0. The van der Waals surface area contributed by atoms with Crippen LogP contribution in [0.4, 0.5) is 0 Å². The molecule has 0 aromatic rings. The summed E-state index contributed by atoms with van der Waals surface area (Å²) in [6.45, 7) is 0. The van der Waals surface area contributed by atoms with Crippen LogP contribution < -0.4 is 0 Å². The Kier molecular flexibility index (Phi) is 51.8. The number of thiocyanates is 2. The van der Waals surface area contributed by atoms with E-state index in [0.29, 0.717) is 0 Å². The van der Waals surface area contributed by atoms with E-state index in [2.05, 4.69) is 47.5 Å².